The summed E-state index contributed by atoms with van der Waals surface area (Å²) >= 11 is 0.929. The maximum atomic E-state index is 12.3. The Kier molecular flexibility index (Phi) is 2.79. The number of carbonyl (C=O) groups is 1. The van der Waals surface area contributed by atoms with Crippen molar-refractivity contribution in [1.82, 2.24) is 14.3 Å². The van der Waals surface area contributed by atoms with Crippen LogP contribution in [0.5, 0.6) is 11.5 Å². The van der Waals surface area contributed by atoms with Gasteiger partial charge in [-0.25, -0.2) is 4.98 Å². The second-order valence-corrected chi connectivity index (χ2v) is 5.24. The predicted octanol–water partition coefficient (Wildman–Crippen LogP) is 1.36. The maximum absolute atomic E-state index is 12.3. The maximum Gasteiger partial charge on any atom is 0.278 e. The predicted molar refractivity (Wildman–Crippen MR) is 78.6 cm³/mol. The molecular formula is C13H8N4O4S. The quantitative estimate of drug-likeness (QED) is 0.739. The fourth-order valence-electron chi connectivity index (χ4n) is 2.09. The molecule has 0 saturated carbocycles. The highest BCUT2D eigenvalue weighted by Gasteiger charge is 2.19. The van der Waals surface area contributed by atoms with Crippen LogP contribution < -0.4 is 20.3 Å². The Morgan fingerprint density at radius 1 is 1.27 bits per heavy atom. The van der Waals surface area contributed by atoms with Gasteiger partial charge < -0.3 is 19.8 Å². The van der Waals surface area contributed by atoms with Crippen LogP contribution >= 0.6 is 11.5 Å². The lowest BCUT2D eigenvalue weighted by molar-refractivity contribution is 0.103. The molecule has 1 amide bonds. The van der Waals surface area contributed by atoms with E-state index in [9.17, 15) is 9.59 Å². The highest BCUT2D eigenvalue weighted by Crippen LogP contribution is 2.34. The number of benzene rings is 1. The van der Waals surface area contributed by atoms with Crippen LogP contribution in [0, 0.1) is 0 Å². The molecule has 1 aliphatic rings. The molecule has 0 aliphatic carbocycles. The zero-order chi connectivity index (χ0) is 15.1. The van der Waals surface area contributed by atoms with Crippen molar-refractivity contribution in [2.24, 2.45) is 0 Å². The number of rotatable bonds is 2. The Bertz CT molecular complexity index is 949. The number of ether oxygens (including phenoxy) is 2. The molecule has 0 saturated heterocycles. The number of H-pyrrole nitrogens is 1. The molecule has 1 aromatic carbocycles. The van der Waals surface area contributed by atoms with Crippen LogP contribution in [0.25, 0.3) is 11.0 Å². The zero-order valence-electron chi connectivity index (χ0n) is 11.0. The van der Waals surface area contributed by atoms with Crippen LogP contribution in [-0.4, -0.2) is 27.0 Å². The normalized spacial score (nSPS) is 12.5. The third kappa shape index (κ3) is 1.99. The van der Waals surface area contributed by atoms with Gasteiger partial charge in [0.1, 0.15) is 10.4 Å². The van der Waals surface area contributed by atoms with Gasteiger partial charge in [-0.05, 0) is 23.7 Å². The number of amides is 1. The van der Waals surface area contributed by atoms with Crippen LogP contribution in [0.1, 0.15) is 9.67 Å². The number of nitrogens with zero attached hydrogens (tertiary/aromatic N) is 2. The summed E-state index contributed by atoms with van der Waals surface area (Å²) in [7, 11) is 0. The van der Waals surface area contributed by atoms with Gasteiger partial charge in [0.15, 0.2) is 17.0 Å². The smallest absolute Gasteiger partial charge is 0.278 e. The molecule has 0 unspecified atom stereocenters. The molecule has 3 heterocycles. The van der Waals surface area contributed by atoms with Crippen molar-refractivity contribution in [3.05, 3.63) is 39.8 Å². The van der Waals surface area contributed by atoms with E-state index in [4.69, 9.17) is 9.47 Å². The number of aromatic nitrogens is 3. The lowest BCUT2D eigenvalue weighted by Gasteiger charge is -2.04. The number of fused-ring (bicyclic) bond motifs is 2. The zero-order valence-corrected chi connectivity index (χ0v) is 11.8. The Balaban J connectivity index is 1.66. The van der Waals surface area contributed by atoms with Gasteiger partial charge in [-0.3, -0.25) is 9.59 Å². The largest absolute Gasteiger partial charge is 0.454 e. The van der Waals surface area contributed by atoms with Crippen LogP contribution in [0.2, 0.25) is 0 Å². The van der Waals surface area contributed by atoms with Crippen LogP contribution in [-0.2, 0) is 0 Å². The van der Waals surface area contributed by atoms with Gasteiger partial charge in [0.25, 0.3) is 11.5 Å². The summed E-state index contributed by atoms with van der Waals surface area (Å²) in [6.45, 7) is 0.166. The van der Waals surface area contributed by atoms with Gasteiger partial charge in [-0.15, -0.1) is 0 Å². The minimum atomic E-state index is -0.385. The molecule has 2 N–H and O–H groups in total. The van der Waals surface area contributed by atoms with E-state index in [-0.39, 0.29) is 34.2 Å². The first kappa shape index (κ1) is 12.8. The molecule has 9 heteroatoms. The van der Waals surface area contributed by atoms with E-state index in [1.807, 2.05) is 0 Å². The van der Waals surface area contributed by atoms with Crippen molar-refractivity contribution in [3.63, 3.8) is 0 Å². The van der Waals surface area contributed by atoms with E-state index in [0.29, 0.717) is 17.2 Å². The SMILES string of the molecule is O=C(Nc1ccc2c(c1)OCO2)c1snc2c(=O)[nH]cnc12. The first-order valence-electron chi connectivity index (χ1n) is 6.26. The van der Waals surface area contributed by atoms with Crippen LogP contribution in [0.15, 0.2) is 29.3 Å². The highest BCUT2D eigenvalue weighted by atomic mass is 32.1. The molecule has 3 aromatic rings. The van der Waals surface area contributed by atoms with Gasteiger partial charge in [-0.2, -0.15) is 4.37 Å². The van der Waals surface area contributed by atoms with Gasteiger partial charge in [0.2, 0.25) is 6.79 Å². The Hall–Kier alpha value is -2.94. The molecule has 0 spiro atoms. The summed E-state index contributed by atoms with van der Waals surface area (Å²) in [4.78, 5) is 30.6. The minimum Gasteiger partial charge on any atom is -0.454 e. The fraction of sp³-hybridized carbons (Fsp3) is 0.0769. The van der Waals surface area contributed by atoms with E-state index in [2.05, 4.69) is 19.7 Å². The van der Waals surface area contributed by atoms with Crippen molar-refractivity contribution < 1.29 is 14.3 Å². The lowest BCUT2D eigenvalue weighted by atomic mass is 10.2. The molecule has 22 heavy (non-hydrogen) atoms. The number of aromatic amines is 1. The van der Waals surface area contributed by atoms with E-state index in [1.54, 1.807) is 18.2 Å². The summed E-state index contributed by atoms with van der Waals surface area (Å²) in [6.07, 6.45) is 1.25. The first-order chi connectivity index (χ1) is 10.7. The molecule has 2 aromatic heterocycles. The number of nitrogens with one attached hydrogen (secondary N) is 2. The van der Waals surface area contributed by atoms with Gasteiger partial charge in [-0.1, -0.05) is 0 Å². The molecule has 8 nitrogen and oxygen atoms in total. The molecule has 0 fully saturated rings. The molecule has 0 atom stereocenters. The van der Waals surface area contributed by atoms with E-state index in [0.717, 1.165) is 11.5 Å². The second-order valence-electron chi connectivity index (χ2n) is 4.46. The van der Waals surface area contributed by atoms with Gasteiger partial charge >= 0.3 is 0 Å². The van der Waals surface area contributed by atoms with Gasteiger partial charge in [0.05, 0.1) is 6.33 Å². The molecule has 0 radical (unpaired) electrons. The topological polar surface area (TPSA) is 106 Å². The van der Waals surface area contributed by atoms with Crippen molar-refractivity contribution in [1.29, 1.82) is 0 Å². The standard InChI is InChI=1S/C13H8N4O4S/c18-12-10-9(14-4-15-12)11(22-17-10)13(19)16-6-1-2-7-8(3-6)21-5-20-7/h1-4H,5H2,(H,16,19)(H,14,15,18). The third-order valence-corrected chi connectivity index (χ3v) is 3.94. The van der Waals surface area contributed by atoms with E-state index >= 15 is 0 Å². The number of carbonyl (C=O) groups excluding carboxylic acids is 1. The molecule has 1 aliphatic heterocycles. The number of hydrogen-bond acceptors (Lipinski definition) is 7. The van der Waals surface area contributed by atoms with E-state index < -0.39 is 0 Å². The monoisotopic (exact) mass is 316 g/mol. The van der Waals surface area contributed by atoms with Crippen molar-refractivity contribution in [2.45, 2.75) is 0 Å². The molecule has 110 valence electrons. The Labute approximate surface area is 126 Å². The van der Waals surface area contributed by atoms with Gasteiger partial charge in [0, 0.05) is 11.8 Å². The van der Waals surface area contributed by atoms with Crippen molar-refractivity contribution >= 4 is 34.2 Å². The van der Waals surface area contributed by atoms with Crippen LogP contribution in [0.4, 0.5) is 5.69 Å². The summed E-state index contributed by atoms with van der Waals surface area (Å²) in [6, 6.07) is 5.09. The molecule has 4 rings (SSSR count). The molecular weight excluding hydrogens is 308 g/mol. The summed E-state index contributed by atoms with van der Waals surface area (Å²) in [5, 5.41) is 2.73. The number of anilines is 1. The Morgan fingerprint density at radius 2 is 2.14 bits per heavy atom. The average Bonchev–Trinajstić information content (AvgIpc) is 3.13. The van der Waals surface area contributed by atoms with Crippen LogP contribution in [0.3, 0.4) is 0 Å². The molecule has 0 bridgehead atoms. The summed E-state index contributed by atoms with van der Waals surface area (Å²) in [5.41, 5.74) is 0.624. The highest BCUT2D eigenvalue weighted by molar-refractivity contribution is 7.09. The average molecular weight is 316 g/mol. The Morgan fingerprint density at radius 3 is 3.05 bits per heavy atom. The van der Waals surface area contributed by atoms with E-state index in [1.165, 1.54) is 6.33 Å². The minimum absolute atomic E-state index is 0.156. The summed E-state index contributed by atoms with van der Waals surface area (Å²) < 4.78 is 14.4. The first-order valence-corrected chi connectivity index (χ1v) is 7.04. The summed E-state index contributed by atoms with van der Waals surface area (Å²) in [5.74, 6) is 0.820. The third-order valence-electron chi connectivity index (χ3n) is 3.11. The lowest BCUT2D eigenvalue weighted by Crippen LogP contribution is -2.12. The number of hydrogen-bond donors (Lipinski definition) is 2. The van der Waals surface area contributed by atoms with Crippen molar-refractivity contribution in [2.75, 3.05) is 12.1 Å². The second kappa shape index (κ2) is 4.81. The van der Waals surface area contributed by atoms with Crippen molar-refractivity contribution in [3.8, 4) is 11.5 Å². The fourth-order valence-corrected chi connectivity index (χ4v) is 2.81.